The molecule has 1 aromatic heterocycles. The van der Waals surface area contributed by atoms with Crippen LogP contribution in [-0.2, 0) is 16.1 Å². The van der Waals surface area contributed by atoms with Gasteiger partial charge in [0, 0.05) is 43.4 Å². The van der Waals surface area contributed by atoms with Crippen LogP contribution >= 0.6 is 0 Å². The van der Waals surface area contributed by atoms with Crippen LogP contribution in [0, 0.1) is 11.3 Å². The van der Waals surface area contributed by atoms with Crippen LogP contribution in [0.4, 0.5) is 0 Å². The van der Waals surface area contributed by atoms with Crippen molar-refractivity contribution in [3.8, 4) is 5.88 Å². The number of carboxylic acids is 1. The first-order valence-corrected chi connectivity index (χ1v) is 9.32. The van der Waals surface area contributed by atoms with Gasteiger partial charge in [-0.25, -0.2) is 4.98 Å². The Labute approximate surface area is 162 Å². The van der Waals surface area contributed by atoms with Crippen molar-refractivity contribution in [3.63, 3.8) is 0 Å². The number of carbonyl (C=O) groups excluding carboxylic acids is 1. The summed E-state index contributed by atoms with van der Waals surface area (Å²) in [5.74, 6) is -0.874. The van der Waals surface area contributed by atoms with Crippen molar-refractivity contribution in [2.45, 2.75) is 13.0 Å². The summed E-state index contributed by atoms with van der Waals surface area (Å²) in [7, 11) is 0. The predicted octanol–water partition coefficient (Wildman–Crippen LogP) is 2.22. The highest BCUT2D eigenvalue weighted by molar-refractivity contribution is 5.95. The van der Waals surface area contributed by atoms with Crippen LogP contribution in [-0.4, -0.2) is 53.2 Å². The van der Waals surface area contributed by atoms with Gasteiger partial charge in [0.25, 0.3) is 5.91 Å². The molecule has 1 amide bonds. The zero-order valence-corrected chi connectivity index (χ0v) is 15.4. The second-order valence-electron chi connectivity index (χ2n) is 7.33. The molecule has 7 nitrogen and oxygen atoms in total. The van der Waals surface area contributed by atoms with Crippen LogP contribution in [0.15, 0.2) is 48.7 Å². The zero-order valence-electron chi connectivity index (χ0n) is 15.4. The van der Waals surface area contributed by atoms with Crippen LogP contribution in [0.25, 0.3) is 0 Å². The lowest BCUT2D eigenvalue weighted by atomic mass is 9.74. The number of aromatic nitrogens is 1. The summed E-state index contributed by atoms with van der Waals surface area (Å²) in [4.78, 5) is 30.7. The molecule has 1 aromatic carbocycles. The molecule has 3 heterocycles. The van der Waals surface area contributed by atoms with E-state index >= 15 is 0 Å². The quantitative estimate of drug-likeness (QED) is 0.853. The van der Waals surface area contributed by atoms with Gasteiger partial charge in [-0.1, -0.05) is 30.3 Å². The second kappa shape index (κ2) is 7.59. The predicted molar refractivity (Wildman–Crippen MR) is 99.9 cm³/mol. The maximum Gasteiger partial charge on any atom is 0.311 e. The molecule has 0 aliphatic carbocycles. The summed E-state index contributed by atoms with van der Waals surface area (Å²) in [5, 5.41) is 9.77. The van der Waals surface area contributed by atoms with Crippen molar-refractivity contribution in [1.82, 2.24) is 9.88 Å². The first kappa shape index (κ1) is 18.4. The van der Waals surface area contributed by atoms with E-state index in [0.717, 1.165) is 5.56 Å². The molecule has 0 bridgehead atoms. The van der Waals surface area contributed by atoms with E-state index < -0.39 is 11.4 Å². The fourth-order valence-corrected chi connectivity index (χ4v) is 3.99. The highest BCUT2D eigenvalue weighted by Gasteiger charge is 2.54. The summed E-state index contributed by atoms with van der Waals surface area (Å²) in [5.41, 5.74) is 0.541. The van der Waals surface area contributed by atoms with E-state index in [1.54, 1.807) is 17.0 Å². The molecule has 146 valence electrons. The molecule has 2 aromatic rings. The van der Waals surface area contributed by atoms with Gasteiger partial charge in [0.05, 0.1) is 12.0 Å². The molecule has 2 saturated heterocycles. The fraction of sp³-hybridized carbons (Fsp3) is 0.381. The number of aliphatic carboxylic acids is 1. The molecule has 2 aliphatic heterocycles. The highest BCUT2D eigenvalue weighted by Crippen LogP contribution is 2.42. The third-order valence-corrected chi connectivity index (χ3v) is 5.63. The average Bonchev–Trinajstić information content (AvgIpc) is 3.14. The minimum atomic E-state index is -0.909. The minimum Gasteiger partial charge on any atom is -0.481 e. The summed E-state index contributed by atoms with van der Waals surface area (Å²) < 4.78 is 11.2. The van der Waals surface area contributed by atoms with Crippen molar-refractivity contribution < 1.29 is 24.2 Å². The first-order valence-electron chi connectivity index (χ1n) is 9.32. The van der Waals surface area contributed by atoms with Crippen LogP contribution in [0.3, 0.4) is 0 Å². The van der Waals surface area contributed by atoms with Crippen molar-refractivity contribution in [1.29, 1.82) is 0 Å². The van der Waals surface area contributed by atoms with Crippen molar-refractivity contribution in [2.24, 2.45) is 11.3 Å². The van der Waals surface area contributed by atoms with Crippen molar-refractivity contribution in [3.05, 3.63) is 59.8 Å². The third-order valence-electron chi connectivity index (χ3n) is 5.63. The molecule has 0 radical (unpaired) electrons. The number of carboxylic acid groups (broad SMARTS) is 1. The number of amides is 1. The number of likely N-dealkylation sites (tertiary alicyclic amines) is 1. The highest BCUT2D eigenvalue weighted by atomic mass is 16.5. The molecular weight excluding hydrogens is 360 g/mol. The molecule has 2 fully saturated rings. The normalized spacial score (nSPS) is 23.9. The van der Waals surface area contributed by atoms with Crippen LogP contribution in [0.2, 0.25) is 0 Å². The zero-order chi connectivity index (χ0) is 19.6. The minimum absolute atomic E-state index is 0.182. The van der Waals surface area contributed by atoms with Gasteiger partial charge >= 0.3 is 5.97 Å². The lowest BCUT2D eigenvalue weighted by Gasteiger charge is -2.33. The van der Waals surface area contributed by atoms with E-state index in [9.17, 15) is 14.7 Å². The molecule has 1 N–H and O–H groups in total. The number of rotatable bonds is 5. The molecule has 2 aliphatic rings. The molecule has 7 heteroatoms. The van der Waals surface area contributed by atoms with Crippen LogP contribution in [0.1, 0.15) is 22.3 Å². The molecule has 0 spiro atoms. The molecule has 2 atom stereocenters. The smallest absolute Gasteiger partial charge is 0.311 e. The SMILES string of the molecule is O=C(c1ccnc(OCc2ccccc2)c1)N1C[C@H]2COCC[C@@]2(C(=O)O)C1. The molecule has 28 heavy (non-hydrogen) atoms. The number of hydrogen-bond donors (Lipinski definition) is 1. The fourth-order valence-electron chi connectivity index (χ4n) is 3.99. The van der Waals surface area contributed by atoms with Crippen molar-refractivity contribution >= 4 is 11.9 Å². The monoisotopic (exact) mass is 382 g/mol. The number of carbonyl (C=O) groups is 2. The Morgan fingerprint density at radius 1 is 1.29 bits per heavy atom. The Kier molecular flexibility index (Phi) is 5.00. The molecule has 0 unspecified atom stereocenters. The van der Waals surface area contributed by atoms with Gasteiger partial charge in [0.1, 0.15) is 6.61 Å². The van der Waals surface area contributed by atoms with E-state index in [2.05, 4.69) is 4.98 Å². The van der Waals surface area contributed by atoms with Gasteiger partial charge in [-0.15, -0.1) is 0 Å². The Balaban J connectivity index is 1.47. The number of ether oxygens (including phenoxy) is 2. The third kappa shape index (κ3) is 3.45. The van der Waals surface area contributed by atoms with Crippen molar-refractivity contribution in [2.75, 3.05) is 26.3 Å². The number of nitrogens with zero attached hydrogens (tertiary/aromatic N) is 2. The number of hydrogen-bond acceptors (Lipinski definition) is 5. The van der Waals surface area contributed by atoms with E-state index in [4.69, 9.17) is 9.47 Å². The van der Waals surface area contributed by atoms with Gasteiger partial charge in [-0.3, -0.25) is 9.59 Å². The van der Waals surface area contributed by atoms with Gasteiger partial charge in [-0.05, 0) is 18.1 Å². The maximum atomic E-state index is 13.0. The summed E-state index contributed by atoms with van der Waals surface area (Å²) in [6.07, 6.45) is 1.96. The van der Waals surface area contributed by atoms with Gasteiger partial charge < -0.3 is 19.5 Å². The Bertz CT molecular complexity index is 872. The second-order valence-corrected chi connectivity index (χ2v) is 7.33. The maximum absolute atomic E-state index is 13.0. The van der Waals surface area contributed by atoms with E-state index in [0.29, 0.717) is 44.2 Å². The first-order chi connectivity index (χ1) is 13.6. The summed E-state index contributed by atoms with van der Waals surface area (Å²) in [6, 6.07) is 12.9. The van der Waals surface area contributed by atoms with Gasteiger partial charge in [0.15, 0.2) is 0 Å². The Hall–Kier alpha value is -2.93. The Morgan fingerprint density at radius 2 is 2.11 bits per heavy atom. The summed E-state index contributed by atoms with van der Waals surface area (Å²) in [6.45, 7) is 1.73. The van der Waals surface area contributed by atoms with Crippen LogP contribution in [0.5, 0.6) is 5.88 Å². The van der Waals surface area contributed by atoms with E-state index in [1.807, 2.05) is 30.3 Å². The Morgan fingerprint density at radius 3 is 2.86 bits per heavy atom. The number of benzene rings is 1. The van der Waals surface area contributed by atoms with Gasteiger partial charge in [0.2, 0.25) is 5.88 Å². The van der Waals surface area contributed by atoms with Crippen LogP contribution < -0.4 is 4.74 Å². The van der Waals surface area contributed by atoms with E-state index in [1.165, 1.54) is 6.20 Å². The average molecular weight is 382 g/mol. The lowest BCUT2D eigenvalue weighted by Crippen LogP contribution is -2.45. The molecule has 4 rings (SSSR count). The topological polar surface area (TPSA) is 89.0 Å². The summed E-state index contributed by atoms with van der Waals surface area (Å²) >= 11 is 0. The number of fused-ring (bicyclic) bond motifs is 1. The largest absolute Gasteiger partial charge is 0.481 e. The molecular formula is C21H22N2O5. The standard InChI is InChI=1S/C21H22N2O5/c24-19(23-11-17-13-27-9-7-21(17,14-23)20(25)26)16-6-8-22-18(10-16)28-12-15-4-2-1-3-5-15/h1-6,8,10,17H,7,9,11-14H2,(H,25,26)/t17-,21+/m0/s1. The lowest BCUT2D eigenvalue weighted by molar-refractivity contribution is -0.157. The number of pyridine rings is 1. The molecule has 0 saturated carbocycles. The van der Waals surface area contributed by atoms with E-state index in [-0.39, 0.29) is 18.4 Å². The van der Waals surface area contributed by atoms with Gasteiger partial charge in [-0.2, -0.15) is 0 Å².